The van der Waals surface area contributed by atoms with Crippen LogP contribution in [0.1, 0.15) is 12.0 Å². The van der Waals surface area contributed by atoms with Crippen LogP contribution in [0.25, 0.3) is 0 Å². The predicted octanol–water partition coefficient (Wildman–Crippen LogP) is 1.65. The summed E-state index contributed by atoms with van der Waals surface area (Å²) in [5.41, 5.74) is 0.913. The van der Waals surface area contributed by atoms with Gasteiger partial charge in [-0.2, -0.15) is 0 Å². The topological polar surface area (TPSA) is 73.9 Å². The molecular formula is C15H18BrNO5. The van der Waals surface area contributed by atoms with E-state index in [0.717, 1.165) is 5.56 Å². The number of β-lactam (4-membered cyclic amide) rings is 1. The Kier molecular flexibility index (Phi) is 5.79. The van der Waals surface area contributed by atoms with Gasteiger partial charge in [-0.25, -0.2) is 0 Å². The first-order valence-corrected chi connectivity index (χ1v) is 7.61. The number of carbonyl (C=O) groups is 2. The number of rotatable bonds is 8. The Hall–Kier alpha value is -1.60. The minimum absolute atomic E-state index is 0.0383. The van der Waals surface area contributed by atoms with E-state index in [1.807, 2.05) is 12.1 Å². The third kappa shape index (κ3) is 3.98. The van der Waals surface area contributed by atoms with E-state index in [9.17, 15) is 9.59 Å². The quantitative estimate of drug-likeness (QED) is 0.555. The number of ether oxygens (including phenoxy) is 3. The molecule has 1 unspecified atom stereocenters. The average molecular weight is 372 g/mol. The number of nitrogens with one attached hydrogen (secondary N) is 1. The Morgan fingerprint density at radius 1 is 1.36 bits per heavy atom. The molecule has 0 bridgehead atoms. The Morgan fingerprint density at radius 2 is 2.05 bits per heavy atom. The zero-order chi connectivity index (χ0) is 16.1. The molecule has 0 aliphatic carbocycles. The summed E-state index contributed by atoms with van der Waals surface area (Å²) in [5, 5.41) is 2.70. The van der Waals surface area contributed by atoms with Gasteiger partial charge in [0.2, 0.25) is 10.6 Å². The summed E-state index contributed by atoms with van der Waals surface area (Å²) in [6.45, 7) is 0.584. The van der Waals surface area contributed by atoms with Crippen molar-refractivity contribution in [2.75, 3.05) is 20.8 Å². The van der Waals surface area contributed by atoms with Crippen LogP contribution in [0.2, 0.25) is 0 Å². The van der Waals surface area contributed by atoms with Crippen molar-refractivity contribution in [1.29, 1.82) is 0 Å². The summed E-state index contributed by atoms with van der Waals surface area (Å²) < 4.78 is 15.8. The molecule has 1 fully saturated rings. The van der Waals surface area contributed by atoms with Gasteiger partial charge in [0.25, 0.3) is 0 Å². The molecular weight excluding hydrogens is 354 g/mol. The van der Waals surface area contributed by atoms with Gasteiger partial charge in [0.05, 0.1) is 39.4 Å². The van der Waals surface area contributed by atoms with Gasteiger partial charge in [-0.05, 0) is 33.6 Å². The summed E-state index contributed by atoms with van der Waals surface area (Å²) in [6, 6.07) is 5.35. The normalized spacial score (nSPS) is 18.1. The predicted molar refractivity (Wildman–Crippen MR) is 83.2 cm³/mol. The largest absolute Gasteiger partial charge is 0.493 e. The third-order valence-corrected chi connectivity index (χ3v) is 4.13. The summed E-state index contributed by atoms with van der Waals surface area (Å²) in [4.78, 5) is 22.5. The van der Waals surface area contributed by atoms with E-state index in [2.05, 4.69) is 21.2 Å². The maximum absolute atomic E-state index is 11.6. The van der Waals surface area contributed by atoms with Gasteiger partial charge in [0.15, 0.2) is 11.5 Å². The molecule has 1 saturated heterocycles. The molecule has 1 aromatic rings. The molecule has 7 heteroatoms. The molecule has 1 N–H and O–H groups in total. The number of amides is 1. The van der Waals surface area contributed by atoms with Crippen molar-refractivity contribution in [3.63, 3.8) is 0 Å². The molecule has 2 rings (SSSR count). The highest BCUT2D eigenvalue weighted by atomic mass is 79.9. The van der Waals surface area contributed by atoms with Crippen LogP contribution < -0.4 is 14.8 Å². The first-order valence-electron chi connectivity index (χ1n) is 6.82. The molecule has 0 aromatic heterocycles. The molecule has 6 nitrogen and oxygen atoms in total. The monoisotopic (exact) mass is 371 g/mol. The second kappa shape index (κ2) is 7.60. The highest BCUT2D eigenvalue weighted by Gasteiger charge is 2.36. The van der Waals surface area contributed by atoms with E-state index in [4.69, 9.17) is 14.2 Å². The highest BCUT2D eigenvalue weighted by Crippen LogP contribution is 2.28. The maximum Gasteiger partial charge on any atom is 0.222 e. The maximum atomic E-state index is 11.6. The van der Waals surface area contributed by atoms with Crippen LogP contribution in [0, 0.1) is 5.92 Å². The van der Waals surface area contributed by atoms with Crippen LogP contribution in [-0.2, 0) is 20.9 Å². The van der Waals surface area contributed by atoms with Crippen molar-refractivity contribution < 1.29 is 23.8 Å². The first kappa shape index (κ1) is 16.8. The summed E-state index contributed by atoms with van der Waals surface area (Å²) in [6.07, 6.45) is 0.363. The number of benzene rings is 1. The minimum atomic E-state index is -0.377. The summed E-state index contributed by atoms with van der Waals surface area (Å²) >= 11 is 2.96. The first-order chi connectivity index (χ1) is 10.5. The van der Waals surface area contributed by atoms with Crippen molar-refractivity contribution in [2.24, 2.45) is 5.92 Å². The molecule has 1 aromatic carbocycles. The van der Waals surface area contributed by atoms with Crippen LogP contribution >= 0.6 is 15.9 Å². The van der Waals surface area contributed by atoms with Crippen LogP contribution in [0.5, 0.6) is 11.5 Å². The number of hydrogen-bond acceptors (Lipinski definition) is 5. The fraction of sp³-hybridized carbons (Fsp3) is 0.467. The number of halogens is 1. The van der Waals surface area contributed by atoms with Crippen molar-refractivity contribution in [2.45, 2.75) is 19.1 Å². The average Bonchev–Trinajstić information content (AvgIpc) is 2.48. The van der Waals surface area contributed by atoms with E-state index in [0.29, 0.717) is 24.5 Å². The molecule has 1 aliphatic heterocycles. The van der Waals surface area contributed by atoms with E-state index in [-0.39, 0.29) is 29.2 Å². The fourth-order valence-corrected chi connectivity index (χ4v) is 2.69. The number of hydrogen-bond donors (Lipinski definition) is 1. The van der Waals surface area contributed by atoms with Crippen LogP contribution in [-0.4, -0.2) is 37.5 Å². The van der Waals surface area contributed by atoms with Crippen molar-refractivity contribution in [3.05, 3.63) is 23.8 Å². The number of carbonyl (C=O) groups excluding carboxylic acids is 2. The zero-order valence-electron chi connectivity index (χ0n) is 12.4. The molecule has 0 spiro atoms. The van der Waals surface area contributed by atoms with Crippen LogP contribution in [0.4, 0.5) is 0 Å². The molecule has 0 saturated carbocycles. The molecule has 22 heavy (non-hydrogen) atoms. The Labute approximate surface area is 137 Å². The minimum Gasteiger partial charge on any atom is -0.493 e. The zero-order valence-corrected chi connectivity index (χ0v) is 14.0. The summed E-state index contributed by atoms with van der Waals surface area (Å²) in [5.74, 6) is 0.862. The van der Waals surface area contributed by atoms with Gasteiger partial charge in [-0.3, -0.25) is 9.59 Å². The highest BCUT2D eigenvalue weighted by molar-refractivity contribution is 9.18. The van der Waals surface area contributed by atoms with Gasteiger partial charge in [-0.15, -0.1) is 0 Å². The molecule has 0 radical (unpaired) electrons. The molecule has 1 aliphatic rings. The van der Waals surface area contributed by atoms with Gasteiger partial charge >= 0.3 is 0 Å². The van der Waals surface area contributed by atoms with Crippen molar-refractivity contribution >= 4 is 26.5 Å². The van der Waals surface area contributed by atoms with E-state index >= 15 is 0 Å². The van der Waals surface area contributed by atoms with Crippen LogP contribution in [0.3, 0.4) is 0 Å². The van der Waals surface area contributed by atoms with E-state index in [1.54, 1.807) is 20.3 Å². The second-order valence-electron chi connectivity index (χ2n) is 4.99. The standard InChI is InChI=1S/C15H18BrNO5/c1-20-12-4-3-9(5-13(12)21-2)7-22-8-10(15(16)19)11-6-14(18)17-11/h3-5,10-11H,6-8H2,1-2H3,(H,17,18)/t10-,11?/m1/s1. The van der Waals surface area contributed by atoms with Gasteiger partial charge < -0.3 is 19.5 Å². The molecule has 120 valence electrons. The van der Waals surface area contributed by atoms with Crippen molar-refractivity contribution in [3.8, 4) is 11.5 Å². The lowest BCUT2D eigenvalue weighted by Gasteiger charge is -2.32. The molecule has 2 atom stereocenters. The Bertz CT molecular complexity index is 555. The van der Waals surface area contributed by atoms with Gasteiger partial charge in [0.1, 0.15) is 0 Å². The van der Waals surface area contributed by atoms with Crippen molar-refractivity contribution in [1.82, 2.24) is 5.32 Å². The second-order valence-corrected chi connectivity index (χ2v) is 5.77. The molecule has 1 heterocycles. The Balaban J connectivity index is 1.89. The van der Waals surface area contributed by atoms with E-state index < -0.39 is 0 Å². The van der Waals surface area contributed by atoms with Crippen LogP contribution in [0.15, 0.2) is 18.2 Å². The number of methoxy groups -OCH3 is 2. The lowest BCUT2D eigenvalue weighted by atomic mass is 9.93. The fourth-order valence-electron chi connectivity index (χ4n) is 2.24. The SMILES string of the molecule is COc1ccc(COC[C@@H](C(=O)Br)C2CC(=O)N2)cc1OC. The molecule has 1 amide bonds. The van der Waals surface area contributed by atoms with Gasteiger partial charge in [-0.1, -0.05) is 6.07 Å². The smallest absolute Gasteiger partial charge is 0.222 e. The third-order valence-electron chi connectivity index (χ3n) is 3.54. The Morgan fingerprint density at radius 3 is 2.59 bits per heavy atom. The van der Waals surface area contributed by atoms with Gasteiger partial charge in [0, 0.05) is 6.42 Å². The van der Waals surface area contributed by atoms with E-state index in [1.165, 1.54) is 0 Å². The lowest BCUT2D eigenvalue weighted by molar-refractivity contribution is -0.132. The summed E-state index contributed by atoms with van der Waals surface area (Å²) in [7, 11) is 3.15. The lowest BCUT2D eigenvalue weighted by Crippen LogP contribution is -2.55.